The Labute approximate surface area is 110 Å². The maximum atomic E-state index is 10.8. The second kappa shape index (κ2) is 5.54. The van der Waals surface area contributed by atoms with Crippen LogP contribution >= 0.6 is 0 Å². The molecule has 0 aliphatic carbocycles. The van der Waals surface area contributed by atoms with Crippen LogP contribution in [0, 0.1) is 0 Å². The number of carbonyl (C=O) groups excluding carboxylic acids is 1. The van der Waals surface area contributed by atoms with Gasteiger partial charge in [0.2, 0.25) is 0 Å². The average molecular weight is 258 g/mol. The maximum Gasteiger partial charge on any atom is 0.308 e. The van der Waals surface area contributed by atoms with Crippen LogP contribution in [-0.2, 0) is 4.79 Å². The molecule has 1 atom stereocenters. The molecule has 4 heteroatoms. The van der Waals surface area contributed by atoms with Crippen LogP contribution in [0.15, 0.2) is 48.5 Å². The van der Waals surface area contributed by atoms with Crippen molar-refractivity contribution in [2.24, 2.45) is 0 Å². The number of phenolic OH excluding ortho intramolecular Hbond substituents is 1. The minimum atomic E-state index is -0.835. The zero-order chi connectivity index (χ0) is 13.8. The van der Waals surface area contributed by atoms with E-state index >= 15 is 0 Å². The Kier molecular flexibility index (Phi) is 3.82. The lowest BCUT2D eigenvalue weighted by atomic mass is 10.0. The van der Waals surface area contributed by atoms with Crippen LogP contribution in [0.3, 0.4) is 0 Å². The van der Waals surface area contributed by atoms with Gasteiger partial charge in [0.05, 0.1) is 0 Å². The fourth-order valence-corrected chi connectivity index (χ4v) is 1.77. The maximum absolute atomic E-state index is 10.8. The number of hydrogen-bond acceptors (Lipinski definition) is 4. The van der Waals surface area contributed by atoms with Gasteiger partial charge in [-0.1, -0.05) is 24.3 Å². The number of aliphatic hydroxyl groups excluding tert-OH is 1. The molecule has 19 heavy (non-hydrogen) atoms. The van der Waals surface area contributed by atoms with Crippen LogP contribution in [-0.4, -0.2) is 16.2 Å². The van der Waals surface area contributed by atoms with Gasteiger partial charge in [-0.3, -0.25) is 4.79 Å². The van der Waals surface area contributed by atoms with Gasteiger partial charge in [0.25, 0.3) is 0 Å². The molecule has 4 nitrogen and oxygen atoms in total. The third-order valence-corrected chi connectivity index (χ3v) is 2.64. The van der Waals surface area contributed by atoms with Crippen LogP contribution in [0.5, 0.6) is 11.5 Å². The molecule has 2 N–H and O–H groups in total. The minimum absolute atomic E-state index is 0.105. The van der Waals surface area contributed by atoms with E-state index in [1.165, 1.54) is 13.0 Å². The van der Waals surface area contributed by atoms with Gasteiger partial charge < -0.3 is 14.9 Å². The van der Waals surface area contributed by atoms with Gasteiger partial charge in [-0.15, -0.1) is 0 Å². The molecule has 2 aromatic carbocycles. The molecule has 0 aromatic heterocycles. The molecule has 2 aromatic rings. The first-order valence-corrected chi connectivity index (χ1v) is 5.81. The summed E-state index contributed by atoms with van der Waals surface area (Å²) in [5.74, 6) is 0.147. The summed E-state index contributed by atoms with van der Waals surface area (Å²) >= 11 is 0. The van der Waals surface area contributed by atoms with Crippen LogP contribution in [0.4, 0.5) is 0 Å². The number of benzene rings is 2. The molecule has 1 unspecified atom stereocenters. The fraction of sp³-hybridized carbons (Fsp3) is 0.133. The Hall–Kier alpha value is -2.33. The van der Waals surface area contributed by atoms with Crippen molar-refractivity contribution in [1.82, 2.24) is 0 Å². The molecule has 0 aliphatic heterocycles. The van der Waals surface area contributed by atoms with Crippen molar-refractivity contribution in [3.05, 3.63) is 59.7 Å². The zero-order valence-electron chi connectivity index (χ0n) is 10.4. The molecule has 0 saturated carbocycles. The molecule has 0 radical (unpaired) electrons. The topological polar surface area (TPSA) is 66.8 Å². The predicted octanol–water partition coefficient (Wildman–Crippen LogP) is 2.40. The third kappa shape index (κ3) is 3.33. The van der Waals surface area contributed by atoms with E-state index in [1.54, 1.807) is 42.5 Å². The molecular formula is C15H14O4. The first-order chi connectivity index (χ1) is 9.06. The Morgan fingerprint density at radius 2 is 1.79 bits per heavy atom. The normalized spacial score (nSPS) is 11.9. The molecule has 0 saturated heterocycles. The molecule has 98 valence electrons. The summed E-state index contributed by atoms with van der Waals surface area (Å²) < 4.78 is 4.91. The molecule has 0 heterocycles. The largest absolute Gasteiger partial charge is 0.508 e. The van der Waals surface area contributed by atoms with E-state index in [-0.39, 0.29) is 11.7 Å². The van der Waals surface area contributed by atoms with E-state index in [0.717, 1.165) is 0 Å². The van der Waals surface area contributed by atoms with Crippen molar-refractivity contribution < 1.29 is 19.7 Å². The standard InChI is InChI=1S/C15H14O4/c1-10(16)19-14-7-5-11(6-8-14)15(18)12-3-2-4-13(17)9-12/h2-9,15,17-18H,1H3. The number of rotatable bonds is 3. The van der Waals surface area contributed by atoms with Crippen molar-refractivity contribution in [2.45, 2.75) is 13.0 Å². The first-order valence-electron chi connectivity index (χ1n) is 5.81. The molecular weight excluding hydrogens is 244 g/mol. The number of phenols is 1. The van der Waals surface area contributed by atoms with E-state index in [0.29, 0.717) is 16.9 Å². The predicted molar refractivity (Wildman–Crippen MR) is 69.9 cm³/mol. The van der Waals surface area contributed by atoms with Gasteiger partial charge in [0.1, 0.15) is 17.6 Å². The first kappa shape index (κ1) is 13.1. The monoisotopic (exact) mass is 258 g/mol. The number of ether oxygens (including phenoxy) is 1. The molecule has 0 fully saturated rings. The van der Waals surface area contributed by atoms with Gasteiger partial charge >= 0.3 is 5.97 Å². The van der Waals surface area contributed by atoms with Gasteiger partial charge in [0.15, 0.2) is 0 Å². The highest BCUT2D eigenvalue weighted by molar-refractivity contribution is 5.69. The van der Waals surface area contributed by atoms with Crippen molar-refractivity contribution in [3.63, 3.8) is 0 Å². The van der Waals surface area contributed by atoms with E-state index < -0.39 is 6.10 Å². The highest BCUT2D eigenvalue weighted by Crippen LogP contribution is 2.26. The van der Waals surface area contributed by atoms with Crippen LogP contribution in [0.25, 0.3) is 0 Å². The molecule has 0 aliphatic rings. The van der Waals surface area contributed by atoms with Gasteiger partial charge in [0, 0.05) is 6.92 Å². The van der Waals surface area contributed by atoms with Gasteiger partial charge in [-0.2, -0.15) is 0 Å². The fourth-order valence-electron chi connectivity index (χ4n) is 1.77. The van der Waals surface area contributed by atoms with Crippen molar-refractivity contribution in [1.29, 1.82) is 0 Å². The Balaban J connectivity index is 2.20. The minimum Gasteiger partial charge on any atom is -0.508 e. The number of esters is 1. The second-order valence-corrected chi connectivity index (χ2v) is 4.16. The van der Waals surface area contributed by atoms with Crippen LogP contribution in [0.2, 0.25) is 0 Å². The number of carbonyl (C=O) groups is 1. The van der Waals surface area contributed by atoms with Crippen LogP contribution < -0.4 is 4.74 Å². The highest BCUT2D eigenvalue weighted by Gasteiger charge is 2.11. The van der Waals surface area contributed by atoms with Crippen molar-refractivity contribution >= 4 is 5.97 Å². The third-order valence-electron chi connectivity index (χ3n) is 2.64. The van der Waals surface area contributed by atoms with Gasteiger partial charge in [-0.25, -0.2) is 0 Å². The quantitative estimate of drug-likeness (QED) is 0.655. The van der Waals surface area contributed by atoms with E-state index in [2.05, 4.69) is 0 Å². The number of aliphatic hydroxyl groups is 1. The average Bonchev–Trinajstić information content (AvgIpc) is 2.38. The van der Waals surface area contributed by atoms with Crippen molar-refractivity contribution in [2.75, 3.05) is 0 Å². The Morgan fingerprint density at radius 1 is 1.11 bits per heavy atom. The second-order valence-electron chi connectivity index (χ2n) is 4.16. The van der Waals surface area contributed by atoms with E-state index in [4.69, 9.17) is 4.74 Å². The summed E-state index contributed by atoms with van der Waals surface area (Å²) in [4.78, 5) is 10.8. The lowest BCUT2D eigenvalue weighted by Gasteiger charge is -2.12. The van der Waals surface area contributed by atoms with Crippen molar-refractivity contribution in [3.8, 4) is 11.5 Å². The summed E-state index contributed by atoms with van der Waals surface area (Å²) in [5.41, 5.74) is 1.25. The molecule has 0 bridgehead atoms. The van der Waals surface area contributed by atoms with Gasteiger partial charge in [-0.05, 0) is 35.4 Å². The Bertz CT molecular complexity index is 575. The number of hydrogen-bond donors (Lipinski definition) is 2. The number of aromatic hydroxyl groups is 1. The van der Waals surface area contributed by atoms with E-state index in [1.807, 2.05) is 0 Å². The lowest BCUT2D eigenvalue weighted by molar-refractivity contribution is -0.131. The summed E-state index contributed by atoms with van der Waals surface area (Å²) in [7, 11) is 0. The Morgan fingerprint density at radius 3 is 2.37 bits per heavy atom. The summed E-state index contributed by atoms with van der Waals surface area (Å²) in [5, 5.41) is 19.6. The SMILES string of the molecule is CC(=O)Oc1ccc(C(O)c2cccc(O)c2)cc1. The van der Waals surface area contributed by atoms with E-state index in [9.17, 15) is 15.0 Å². The smallest absolute Gasteiger partial charge is 0.308 e. The molecule has 0 amide bonds. The highest BCUT2D eigenvalue weighted by atomic mass is 16.5. The summed E-state index contributed by atoms with van der Waals surface area (Å²) in [6.07, 6.45) is -0.835. The summed E-state index contributed by atoms with van der Waals surface area (Å²) in [6, 6.07) is 13.0. The van der Waals surface area contributed by atoms with Crippen LogP contribution in [0.1, 0.15) is 24.2 Å². The summed E-state index contributed by atoms with van der Waals surface area (Å²) in [6.45, 7) is 1.33. The molecule has 2 rings (SSSR count). The lowest BCUT2D eigenvalue weighted by Crippen LogP contribution is -2.02. The molecule has 0 spiro atoms. The zero-order valence-corrected chi connectivity index (χ0v) is 10.4.